The smallest absolute Gasteiger partial charge is 0.312 e. The number of anilines is 1. The van der Waals surface area contributed by atoms with Crippen molar-refractivity contribution in [1.82, 2.24) is 10.2 Å². The summed E-state index contributed by atoms with van der Waals surface area (Å²) < 4.78 is 10.2. The van der Waals surface area contributed by atoms with Crippen molar-refractivity contribution in [2.75, 3.05) is 18.9 Å². The molecule has 5 nitrogen and oxygen atoms in total. The maximum atomic E-state index is 5.27. The van der Waals surface area contributed by atoms with Crippen molar-refractivity contribution in [3.05, 3.63) is 5.89 Å². The monoisotopic (exact) mass is 155 g/mol. The van der Waals surface area contributed by atoms with Crippen LogP contribution in [-0.2, 0) is 4.74 Å². The Kier molecular flexibility index (Phi) is 1.50. The molecule has 11 heavy (non-hydrogen) atoms. The average Bonchev–Trinajstić information content (AvgIpc) is 2.55. The lowest BCUT2D eigenvalue weighted by molar-refractivity contribution is 0.191. The minimum Gasteiger partial charge on any atom is -0.408 e. The van der Waals surface area contributed by atoms with Gasteiger partial charge in [-0.1, -0.05) is 5.10 Å². The Morgan fingerprint density at radius 3 is 2.91 bits per heavy atom. The lowest BCUT2D eigenvalue weighted by Crippen LogP contribution is -1.97. The second kappa shape index (κ2) is 2.50. The van der Waals surface area contributed by atoms with E-state index in [2.05, 4.69) is 10.2 Å². The molecule has 5 heteroatoms. The number of nitrogens with zero attached hydrogens (tertiary/aromatic N) is 2. The second-order valence-electron chi connectivity index (χ2n) is 2.54. The zero-order chi connectivity index (χ0) is 7.68. The maximum Gasteiger partial charge on any atom is 0.312 e. The molecule has 0 aliphatic carbocycles. The molecule has 0 aromatic carbocycles. The van der Waals surface area contributed by atoms with Crippen molar-refractivity contribution in [2.24, 2.45) is 0 Å². The number of rotatable bonds is 1. The summed E-state index contributed by atoms with van der Waals surface area (Å²) in [4.78, 5) is 0. The van der Waals surface area contributed by atoms with Gasteiger partial charge in [-0.05, 0) is 6.42 Å². The predicted octanol–water partition coefficient (Wildman–Crippen LogP) is 0.156. The Balaban J connectivity index is 2.15. The molecule has 0 spiro atoms. The molecule has 2 N–H and O–H groups in total. The van der Waals surface area contributed by atoms with E-state index in [1.165, 1.54) is 0 Å². The largest absolute Gasteiger partial charge is 0.408 e. The van der Waals surface area contributed by atoms with Gasteiger partial charge in [-0.25, -0.2) is 0 Å². The van der Waals surface area contributed by atoms with Crippen LogP contribution in [0.5, 0.6) is 0 Å². The van der Waals surface area contributed by atoms with Crippen LogP contribution in [0.2, 0.25) is 0 Å². The molecule has 0 amide bonds. The van der Waals surface area contributed by atoms with Gasteiger partial charge in [0.15, 0.2) is 0 Å². The Bertz CT molecular complexity index is 242. The van der Waals surface area contributed by atoms with Gasteiger partial charge >= 0.3 is 6.01 Å². The van der Waals surface area contributed by atoms with Gasteiger partial charge < -0.3 is 14.9 Å². The van der Waals surface area contributed by atoms with E-state index < -0.39 is 0 Å². The van der Waals surface area contributed by atoms with E-state index in [0.29, 0.717) is 12.5 Å². The molecule has 0 bridgehead atoms. The minimum atomic E-state index is 0.131. The van der Waals surface area contributed by atoms with E-state index >= 15 is 0 Å². The standard InChI is InChI=1S/C6H9N3O2/c7-6-9-8-5(11-6)4-1-2-10-3-4/h4H,1-3H2,(H2,7,9). The molecule has 1 atom stereocenters. The molecule has 1 unspecified atom stereocenters. The molecule has 1 aliphatic heterocycles. The Morgan fingerprint density at radius 2 is 2.36 bits per heavy atom. The Hall–Kier alpha value is -1.10. The number of nitrogen functional groups attached to an aromatic ring is 1. The number of hydrogen-bond acceptors (Lipinski definition) is 5. The van der Waals surface area contributed by atoms with E-state index in [4.69, 9.17) is 14.9 Å². The fourth-order valence-electron chi connectivity index (χ4n) is 1.14. The molecular weight excluding hydrogens is 146 g/mol. The van der Waals surface area contributed by atoms with E-state index in [9.17, 15) is 0 Å². The number of aromatic nitrogens is 2. The highest BCUT2D eigenvalue weighted by Crippen LogP contribution is 2.23. The van der Waals surface area contributed by atoms with Crippen LogP contribution in [0.25, 0.3) is 0 Å². The van der Waals surface area contributed by atoms with Gasteiger partial charge in [0.1, 0.15) is 0 Å². The van der Waals surface area contributed by atoms with Gasteiger partial charge in [0.25, 0.3) is 0 Å². The van der Waals surface area contributed by atoms with Crippen LogP contribution in [0.3, 0.4) is 0 Å². The average molecular weight is 155 g/mol. The summed E-state index contributed by atoms with van der Waals surface area (Å²) in [5.74, 6) is 0.847. The first-order chi connectivity index (χ1) is 5.36. The van der Waals surface area contributed by atoms with E-state index in [-0.39, 0.29) is 11.9 Å². The molecule has 2 rings (SSSR count). The fourth-order valence-corrected chi connectivity index (χ4v) is 1.14. The van der Waals surface area contributed by atoms with Crippen molar-refractivity contribution in [1.29, 1.82) is 0 Å². The van der Waals surface area contributed by atoms with Crippen molar-refractivity contribution in [3.63, 3.8) is 0 Å². The van der Waals surface area contributed by atoms with Crippen LogP contribution in [0.1, 0.15) is 18.2 Å². The number of nitrogens with two attached hydrogens (primary N) is 1. The quantitative estimate of drug-likeness (QED) is 0.625. The zero-order valence-corrected chi connectivity index (χ0v) is 5.99. The molecule has 1 fully saturated rings. The highest BCUT2D eigenvalue weighted by molar-refractivity contribution is 5.07. The summed E-state index contributed by atoms with van der Waals surface area (Å²) in [7, 11) is 0. The molecule has 1 aromatic heterocycles. The van der Waals surface area contributed by atoms with E-state index in [1.54, 1.807) is 0 Å². The molecule has 1 aromatic rings. The molecule has 0 radical (unpaired) electrons. The van der Waals surface area contributed by atoms with Crippen molar-refractivity contribution in [2.45, 2.75) is 12.3 Å². The summed E-state index contributed by atoms with van der Waals surface area (Å²) in [6.45, 7) is 1.44. The maximum absolute atomic E-state index is 5.27. The van der Waals surface area contributed by atoms with Crippen molar-refractivity contribution in [3.8, 4) is 0 Å². The van der Waals surface area contributed by atoms with Crippen molar-refractivity contribution < 1.29 is 9.15 Å². The molecule has 0 saturated carbocycles. The van der Waals surface area contributed by atoms with Crippen LogP contribution < -0.4 is 5.73 Å². The first kappa shape index (κ1) is 6.60. The van der Waals surface area contributed by atoms with Crippen LogP contribution in [-0.4, -0.2) is 23.4 Å². The molecule has 1 aliphatic rings. The summed E-state index contributed by atoms with van der Waals surface area (Å²) in [5.41, 5.74) is 5.27. The van der Waals surface area contributed by atoms with Gasteiger partial charge in [-0.15, -0.1) is 5.10 Å². The summed E-state index contributed by atoms with van der Waals surface area (Å²) in [6, 6.07) is 0.131. The highest BCUT2D eigenvalue weighted by Gasteiger charge is 2.22. The summed E-state index contributed by atoms with van der Waals surface area (Å²) in [6.07, 6.45) is 0.946. The SMILES string of the molecule is Nc1nnc(C2CCOC2)o1. The topological polar surface area (TPSA) is 74.2 Å². The Labute approximate surface area is 63.5 Å². The second-order valence-corrected chi connectivity index (χ2v) is 2.54. The van der Waals surface area contributed by atoms with Crippen LogP contribution in [0.15, 0.2) is 4.42 Å². The fraction of sp³-hybridized carbons (Fsp3) is 0.667. The lowest BCUT2D eigenvalue weighted by atomic mass is 10.1. The summed E-state index contributed by atoms with van der Waals surface area (Å²) >= 11 is 0. The van der Waals surface area contributed by atoms with Gasteiger partial charge in [-0.3, -0.25) is 0 Å². The van der Waals surface area contributed by atoms with Gasteiger partial charge in [0.05, 0.1) is 12.5 Å². The molecule has 2 heterocycles. The zero-order valence-electron chi connectivity index (χ0n) is 5.99. The van der Waals surface area contributed by atoms with Gasteiger partial charge in [0.2, 0.25) is 5.89 Å². The van der Waals surface area contributed by atoms with Crippen LogP contribution in [0, 0.1) is 0 Å². The molecular formula is C6H9N3O2. The first-order valence-corrected chi connectivity index (χ1v) is 3.53. The van der Waals surface area contributed by atoms with Gasteiger partial charge in [-0.2, -0.15) is 0 Å². The lowest BCUT2D eigenvalue weighted by Gasteiger charge is -1.97. The third kappa shape index (κ3) is 1.19. The third-order valence-corrected chi connectivity index (χ3v) is 1.74. The first-order valence-electron chi connectivity index (χ1n) is 3.53. The molecule has 60 valence electrons. The highest BCUT2D eigenvalue weighted by atomic mass is 16.5. The van der Waals surface area contributed by atoms with E-state index in [0.717, 1.165) is 13.0 Å². The minimum absolute atomic E-state index is 0.131. The number of hydrogen-bond donors (Lipinski definition) is 1. The number of ether oxygens (including phenoxy) is 1. The summed E-state index contributed by atoms with van der Waals surface area (Å²) in [5, 5.41) is 7.34. The van der Waals surface area contributed by atoms with Crippen LogP contribution >= 0.6 is 0 Å². The van der Waals surface area contributed by atoms with Gasteiger partial charge in [0, 0.05) is 6.61 Å². The normalized spacial score (nSPS) is 24.2. The van der Waals surface area contributed by atoms with Crippen molar-refractivity contribution >= 4 is 6.01 Å². The predicted molar refractivity (Wildman–Crippen MR) is 36.9 cm³/mol. The Morgan fingerprint density at radius 1 is 1.45 bits per heavy atom. The third-order valence-electron chi connectivity index (χ3n) is 1.74. The molecule has 1 saturated heterocycles. The van der Waals surface area contributed by atoms with Crippen LogP contribution in [0.4, 0.5) is 6.01 Å². The van der Waals surface area contributed by atoms with E-state index in [1.807, 2.05) is 0 Å².